The third-order valence-corrected chi connectivity index (χ3v) is 5.51. The second-order valence-corrected chi connectivity index (χ2v) is 7.09. The van der Waals surface area contributed by atoms with E-state index in [4.69, 9.17) is 0 Å². The minimum atomic E-state index is 0.333. The van der Waals surface area contributed by atoms with Gasteiger partial charge in [-0.15, -0.1) is 0 Å². The molecule has 1 saturated carbocycles. The molecule has 0 spiro atoms. The van der Waals surface area contributed by atoms with Gasteiger partial charge >= 0.3 is 0 Å². The zero-order valence-corrected chi connectivity index (χ0v) is 13.0. The van der Waals surface area contributed by atoms with Gasteiger partial charge in [-0.05, 0) is 56.5 Å². The second-order valence-electron chi connectivity index (χ2n) is 7.09. The standard InChI is InChI=1S/C17H31NO/c1-4-14-7-9-18(10-8-14)12-16-11-15(13(2)3)5-6-17(16)19/h13-16H,4-12H2,1-3H3. The molecule has 1 heterocycles. The highest BCUT2D eigenvalue weighted by atomic mass is 16.1. The maximum atomic E-state index is 12.1. The van der Waals surface area contributed by atoms with Crippen molar-refractivity contribution < 1.29 is 4.79 Å². The molecule has 2 nitrogen and oxygen atoms in total. The van der Waals surface area contributed by atoms with E-state index in [9.17, 15) is 4.79 Å². The van der Waals surface area contributed by atoms with Crippen LogP contribution in [0.15, 0.2) is 0 Å². The number of rotatable bonds is 4. The van der Waals surface area contributed by atoms with Gasteiger partial charge in [-0.1, -0.05) is 27.2 Å². The third-order valence-electron chi connectivity index (χ3n) is 5.51. The molecule has 0 N–H and O–H groups in total. The molecule has 0 aromatic carbocycles. The minimum absolute atomic E-state index is 0.333. The molecule has 1 saturated heterocycles. The van der Waals surface area contributed by atoms with Crippen molar-refractivity contribution in [3.05, 3.63) is 0 Å². The zero-order valence-electron chi connectivity index (χ0n) is 13.0. The van der Waals surface area contributed by atoms with Gasteiger partial charge < -0.3 is 4.90 Å². The highest BCUT2D eigenvalue weighted by Gasteiger charge is 2.32. The van der Waals surface area contributed by atoms with Crippen molar-refractivity contribution in [1.82, 2.24) is 4.90 Å². The molecule has 0 aromatic rings. The average molecular weight is 265 g/mol. The Hall–Kier alpha value is -0.370. The van der Waals surface area contributed by atoms with Crippen LogP contribution in [0.3, 0.4) is 0 Å². The molecule has 19 heavy (non-hydrogen) atoms. The summed E-state index contributed by atoms with van der Waals surface area (Å²) < 4.78 is 0. The van der Waals surface area contributed by atoms with Crippen molar-refractivity contribution in [3.8, 4) is 0 Å². The molecule has 2 unspecified atom stereocenters. The van der Waals surface area contributed by atoms with E-state index in [1.54, 1.807) is 0 Å². The Kier molecular flexibility index (Phi) is 5.44. The molecule has 1 aliphatic carbocycles. The van der Waals surface area contributed by atoms with Crippen molar-refractivity contribution in [2.75, 3.05) is 19.6 Å². The highest BCUT2D eigenvalue weighted by Crippen LogP contribution is 2.32. The van der Waals surface area contributed by atoms with Crippen LogP contribution in [-0.2, 0) is 4.79 Å². The highest BCUT2D eigenvalue weighted by molar-refractivity contribution is 5.82. The average Bonchev–Trinajstić information content (AvgIpc) is 2.42. The molecule has 1 aliphatic heterocycles. The molecule has 110 valence electrons. The molecule has 2 aliphatic rings. The van der Waals surface area contributed by atoms with Gasteiger partial charge in [0.2, 0.25) is 0 Å². The molecule has 2 atom stereocenters. The van der Waals surface area contributed by atoms with E-state index in [0.717, 1.165) is 43.6 Å². The van der Waals surface area contributed by atoms with E-state index in [-0.39, 0.29) is 0 Å². The van der Waals surface area contributed by atoms with E-state index >= 15 is 0 Å². The Morgan fingerprint density at radius 1 is 1.21 bits per heavy atom. The normalized spacial score (nSPS) is 31.1. The number of likely N-dealkylation sites (tertiary alicyclic amines) is 1. The van der Waals surface area contributed by atoms with Crippen LogP contribution in [0.2, 0.25) is 0 Å². The Morgan fingerprint density at radius 3 is 2.47 bits per heavy atom. The van der Waals surface area contributed by atoms with E-state index in [1.165, 1.54) is 32.4 Å². The summed E-state index contributed by atoms with van der Waals surface area (Å²) in [7, 11) is 0. The Morgan fingerprint density at radius 2 is 1.89 bits per heavy atom. The molecule has 2 rings (SSSR count). The quantitative estimate of drug-likeness (QED) is 0.771. The van der Waals surface area contributed by atoms with Gasteiger partial charge in [0.15, 0.2) is 0 Å². The van der Waals surface area contributed by atoms with Crippen molar-refractivity contribution >= 4 is 5.78 Å². The second kappa shape index (κ2) is 6.88. The van der Waals surface area contributed by atoms with Crippen molar-refractivity contribution in [2.24, 2.45) is 23.7 Å². The summed E-state index contributed by atoms with van der Waals surface area (Å²) in [4.78, 5) is 14.7. The number of piperidine rings is 1. The van der Waals surface area contributed by atoms with Gasteiger partial charge in [-0.25, -0.2) is 0 Å². The van der Waals surface area contributed by atoms with Crippen molar-refractivity contribution in [3.63, 3.8) is 0 Å². The SMILES string of the molecule is CCC1CCN(CC2CC(C(C)C)CCC2=O)CC1. The van der Waals surface area contributed by atoms with Crippen LogP contribution in [-0.4, -0.2) is 30.3 Å². The first kappa shape index (κ1) is 15.0. The first-order chi connectivity index (χ1) is 9.10. The van der Waals surface area contributed by atoms with E-state index in [2.05, 4.69) is 25.7 Å². The minimum Gasteiger partial charge on any atom is -0.303 e. The van der Waals surface area contributed by atoms with Gasteiger partial charge in [0.1, 0.15) is 5.78 Å². The summed E-state index contributed by atoms with van der Waals surface area (Å²) in [6.45, 7) is 10.4. The summed E-state index contributed by atoms with van der Waals surface area (Å²) >= 11 is 0. The predicted octanol–water partition coefficient (Wildman–Crippen LogP) is 3.75. The Balaban J connectivity index is 1.82. The van der Waals surface area contributed by atoms with Gasteiger partial charge in [-0.3, -0.25) is 4.79 Å². The van der Waals surface area contributed by atoms with Crippen molar-refractivity contribution in [2.45, 2.75) is 59.3 Å². The van der Waals surface area contributed by atoms with Crippen molar-refractivity contribution in [1.29, 1.82) is 0 Å². The number of nitrogens with zero attached hydrogens (tertiary/aromatic N) is 1. The molecule has 0 aromatic heterocycles. The van der Waals surface area contributed by atoms with Gasteiger partial charge in [0.05, 0.1) is 0 Å². The fraction of sp³-hybridized carbons (Fsp3) is 0.941. The van der Waals surface area contributed by atoms with Crippen LogP contribution in [0.25, 0.3) is 0 Å². The third kappa shape index (κ3) is 4.05. The summed E-state index contributed by atoms with van der Waals surface area (Å²) in [5.41, 5.74) is 0. The van der Waals surface area contributed by atoms with Gasteiger partial charge in [0, 0.05) is 18.9 Å². The molecule has 0 bridgehead atoms. The predicted molar refractivity (Wildman–Crippen MR) is 80.1 cm³/mol. The Labute approximate surface area is 118 Å². The monoisotopic (exact) mass is 265 g/mol. The zero-order chi connectivity index (χ0) is 13.8. The largest absolute Gasteiger partial charge is 0.303 e. The van der Waals surface area contributed by atoms with Crippen LogP contribution in [0.1, 0.15) is 59.3 Å². The van der Waals surface area contributed by atoms with E-state index in [1.807, 2.05) is 0 Å². The van der Waals surface area contributed by atoms with Crippen LogP contribution >= 0.6 is 0 Å². The number of ketones is 1. The maximum absolute atomic E-state index is 12.1. The molecular weight excluding hydrogens is 234 g/mol. The Bertz CT molecular complexity index is 292. The number of carbonyl (C=O) groups is 1. The number of hydrogen-bond acceptors (Lipinski definition) is 2. The van der Waals surface area contributed by atoms with E-state index < -0.39 is 0 Å². The van der Waals surface area contributed by atoms with Crippen LogP contribution in [0.4, 0.5) is 0 Å². The molecule has 0 radical (unpaired) electrons. The number of Topliss-reactive ketones (excluding diaryl/α,β-unsaturated/α-hetero) is 1. The molecule has 2 heteroatoms. The lowest BCUT2D eigenvalue weighted by Crippen LogP contribution is -2.41. The van der Waals surface area contributed by atoms with Gasteiger partial charge in [-0.2, -0.15) is 0 Å². The summed E-state index contributed by atoms with van der Waals surface area (Å²) in [5, 5.41) is 0. The summed E-state index contributed by atoms with van der Waals surface area (Å²) in [6.07, 6.45) is 7.11. The topological polar surface area (TPSA) is 20.3 Å². The summed E-state index contributed by atoms with van der Waals surface area (Å²) in [6, 6.07) is 0. The lowest BCUT2D eigenvalue weighted by Gasteiger charge is -2.37. The van der Waals surface area contributed by atoms with E-state index in [0.29, 0.717) is 11.7 Å². The lowest BCUT2D eigenvalue weighted by atomic mass is 9.75. The molecule has 0 amide bonds. The van der Waals surface area contributed by atoms with Gasteiger partial charge in [0.25, 0.3) is 0 Å². The number of carbonyl (C=O) groups excluding carboxylic acids is 1. The fourth-order valence-electron chi connectivity index (χ4n) is 3.82. The molecule has 2 fully saturated rings. The lowest BCUT2D eigenvalue weighted by molar-refractivity contribution is -0.126. The van der Waals surface area contributed by atoms with Crippen LogP contribution < -0.4 is 0 Å². The number of hydrogen-bond donors (Lipinski definition) is 0. The maximum Gasteiger partial charge on any atom is 0.137 e. The van der Waals surface area contributed by atoms with Crippen LogP contribution in [0.5, 0.6) is 0 Å². The first-order valence-electron chi connectivity index (χ1n) is 8.35. The summed E-state index contributed by atoms with van der Waals surface area (Å²) in [5.74, 6) is 3.31. The first-order valence-corrected chi connectivity index (χ1v) is 8.35. The van der Waals surface area contributed by atoms with Crippen LogP contribution in [0, 0.1) is 23.7 Å². The smallest absolute Gasteiger partial charge is 0.137 e. The molecular formula is C17H31NO. The fourth-order valence-corrected chi connectivity index (χ4v) is 3.82.